The maximum atomic E-state index is 15.2. The molecule has 1 aliphatic heterocycles. The minimum Gasteiger partial charge on any atom is -0.403 e. The third kappa shape index (κ3) is 3.72. The summed E-state index contributed by atoms with van der Waals surface area (Å²) >= 11 is 0. The summed E-state index contributed by atoms with van der Waals surface area (Å²) in [6.45, 7) is 1.76. The largest absolute Gasteiger partial charge is 0.573 e. The van der Waals surface area contributed by atoms with E-state index in [2.05, 4.69) is 14.7 Å². The topological polar surface area (TPSA) is 95.0 Å². The van der Waals surface area contributed by atoms with Crippen LogP contribution in [0.3, 0.4) is 0 Å². The molecule has 3 atom stereocenters. The lowest BCUT2D eigenvalue weighted by Crippen LogP contribution is -2.50. The van der Waals surface area contributed by atoms with Gasteiger partial charge >= 0.3 is 6.36 Å². The van der Waals surface area contributed by atoms with Crippen molar-refractivity contribution < 1.29 is 36.2 Å². The van der Waals surface area contributed by atoms with Gasteiger partial charge in [0, 0.05) is 19.0 Å². The molecule has 8 nitrogen and oxygen atoms in total. The molecule has 2 aliphatic rings. The van der Waals surface area contributed by atoms with Gasteiger partial charge in [0.1, 0.15) is 17.2 Å². The molecule has 2 N–H and O–H groups in total. The van der Waals surface area contributed by atoms with Crippen molar-refractivity contribution in [2.45, 2.75) is 38.0 Å². The molecule has 0 unspecified atom stereocenters. The molecular formula is C24H18F5N5O3. The van der Waals surface area contributed by atoms with Crippen LogP contribution in [0.1, 0.15) is 34.5 Å². The number of fused-ring (bicyclic) bond motifs is 6. The minimum atomic E-state index is -5.07. The summed E-state index contributed by atoms with van der Waals surface area (Å²) in [5, 5.41) is 0. The first-order valence-electron chi connectivity index (χ1n) is 11.3. The molecule has 1 fully saturated rings. The number of carbonyl (C=O) groups is 1. The average Bonchev–Trinajstić information content (AvgIpc) is 3.45. The molecule has 0 saturated carbocycles. The van der Waals surface area contributed by atoms with E-state index >= 15 is 8.78 Å². The van der Waals surface area contributed by atoms with Crippen LogP contribution in [0.25, 0.3) is 16.6 Å². The number of nitrogen functional groups attached to an aromatic ring is 1. The number of anilines is 1. The molecule has 13 heteroatoms. The van der Waals surface area contributed by atoms with Crippen LogP contribution >= 0.6 is 0 Å². The Kier molecular flexibility index (Phi) is 5.06. The highest BCUT2D eigenvalue weighted by molar-refractivity contribution is 5.99. The Morgan fingerprint density at radius 1 is 1.22 bits per heavy atom. The molecule has 0 radical (unpaired) electrons. The summed E-state index contributed by atoms with van der Waals surface area (Å²) in [4.78, 5) is 23.3. The number of halogens is 5. The molecule has 2 aromatic carbocycles. The lowest BCUT2D eigenvalue weighted by Gasteiger charge is -2.41. The standard InChI is InChI=1S/C24H18F5N5O3/c1-10-8-33(21-11-2-3-18(37-24(27,28)29)20(26)12(11)5-19(21)36-10)23(35)13-4-16-15(6-14(13)25)32-22(30)17-7-31-9-34(16)17/h2-4,6-7,9-10,19,21H,5,8H2,1H3,(H2,30,32)/t10-,19+,21-/m0/s1. The van der Waals surface area contributed by atoms with Gasteiger partial charge in [-0.25, -0.2) is 18.7 Å². The Balaban J connectivity index is 1.43. The number of amides is 1. The van der Waals surface area contributed by atoms with Crippen LogP contribution < -0.4 is 10.5 Å². The molecule has 4 aromatic rings. The maximum Gasteiger partial charge on any atom is 0.573 e. The summed E-state index contributed by atoms with van der Waals surface area (Å²) in [5.74, 6) is -3.51. The van der Waals surface area contributed by atoms with Crippen LogP contribution in [0.2, 0.25) is 0 Å². The molecule has 0 spiro atoms. The number of benzene rings is 2. The van der Waals surface area contributed by atoms with Crippen LogP contribution in [0.5, 0.6) is 5.75 Å². The Bertz CT molecular complexity index is 1590. The quantitative estimate of drug-likeness (QED) is 0.400. The molecule has 3 heterocycles. The number of nitrogens with two attached hydrogens (primary N) is 1. The fourth-order valence-corrected chi connectivity index (χ4v) is 5.26. The predicted molar refractivity (Wildman–Crippen MR) is 120 cm³/mol. The number of hydrogen-bond acceptors (Lipinski definition) is 6. The SMILES string of the molecule is C[C@H]1CN(C(=O)c2cc3c(cc2F)nc(N)c2cncn23)[C@H]2c3ccc(OC(F)(F)F)c(F)c3C[C@H]2O1. The number of ether oxygens (including phenoxy) is 2. The Labute approximate surface area is 205 Å². The summed E-state index contributed by atoms with van der Waals surface area (Å²) in [7, 11) is 0. The number of imidazole rings is 1. The number of alkyl halides is 3. The molecule has 2 aromatic heterocycles. The number of aromatic nitrogens is 3. The van der Waals surface area contributed by atoms with Gasteiger partial charge in [-0.2, -0.15) is 0 Å². The van der Waals surface area contributed by atoms with E-state index in [1.165, 1.54) is 29.6 Å². The van der Waals surface area contributed by atoms with Crippen LogP contribution in [-0.2, 0) is 11.2 Å². The van der Waals surface area contributed by atoms with E-state index in [-0.39, 0.29) is 41.0 Å². The third-order valence-corrected chi connectivity index (χ3v) is 6.70. The molecule has 1 saturated heterocycles. The van der Waals surface area contributed by atoms with Crippen molar-refractivity contribution >= 4 is 28.3 Å². The molecule has 1 amide bonds. The summed E-state index contributed by atoms with van der Waals surface area (Å²) in [6, 6.07) is 3.76. The van der Waals surface area contributed by atoms with Crippen molar-refractivity contribution in [2.24, 2.45) is 0 Å². The molecule has 0 bridgehead atoms. The molecular weight excluding hydrogens is 501 g/mol. The Hall–Kier alpha value is -4.00. The van der Waals surface area contributed by atoms with Gasteiger partial charge in [0.15, 0.2) is 11.6 Å². The van der Waals surface area contributed by atoms with Crippen molar-refractivity contribution in [3.8, 4) is 5.75 Å². The van der Waals surface area contributed by atoms with Gasteiger partial charge in [-0.05, 0) is 30.2 Å². The van der Waals surface area contributed by atoms with Crippen molar-refractivity contribution in [3.05, 3.63) is 65.1 Å². The number of hydrogen-bond donors (Lipinski definition) is 1. The second-order valence-electron chi connectivity index (χ2n) is 9.05. The fourth-order valence-electron chi connectivity index (χ4n) is 5.26. The first kappa shape index (κ1) is 23.4. The van der Waals surface area contributed by atoms with Gasteiger partial charge in [-0.3, -0.25) is 9.20 Å². The monoisotopic (exact) mass is 519 g/mol. The van der Waals surface area contributed by atoms with Gasteiger partial charge in [0.25, 0.3) is 5.91 Å². The fraction of sp³-hybridized carbons (Fsp3) is 0.292. The molecule has 6 rings (SSSR count). The highest BCUT2D eigenvalue weighted by Crippen LogP contribution is 2.45. The van der Waals surface area contributed by atoms with Crippen LogP contribution in [0.4, 0.5) is 27.8 Å². The first-order valence-corrected chi connectivity index (χ1v) is 11.3. The zero-order valence-electron chi connectivity index (χ0n) is 19.1. The van der Waals surface area contributed by atoms with E-state index in [4.69, 9.17) is 10.5 Å². The predicted octanol–water partition coefficient (Wildman–Crippen LogP) is 4.17. The smallest absolute Gasteiger partial charge is 0.403 e. The summed E-state index contributed by atoms with van der Waals surface area (Å²) in [6.07, 6.45) is -3.41. The summed E-state index contributed by atoms with van der Waals surface area (Å²) < 4.78 is 79.6. The molecule has 37 heavy (non-hydrogen) atoms. The molecule has 1 aliphatic carbocycles. The van der Waals surface area contributed by atoms with Crippen LogP contribution in [-0.4, -0.2) is 50.3 Å². The van der Waals surface area contributed by atoms with E-state index in [9.17, 15) is 18.0 Å². The molecule has 192 valence electrons. The Morgan fingerprint density at radius 3 is 2.76 bits per heavy atom. The zero-order chi connectivity index (χ0) is 26.2. The van der Waals surface area contributed by atoms with E-state index < -0.39 is 47.9 Å². The number of carbonyl (C=O) groups excluding carboxylic acids is 1. The minimum absolute atomic E-state index is 0.0394. The number of rotatable bonds is 2. The van der Waals surface area contributed by atoms with Crippen LogP contribution in [0.15, 0.2) is 36.8 Å². The van der Waals surface area contributed by atoms with E-state index in [0.717, 1.165) is 12.1 Å². The number of nitrogens with zero attached hydrogens (tertiary/aromatic N) is 4. The highest BCUT2D eigenvalue weighted by atomic mass is 19.4. The van der Waals surface area contributed by atoms with Gasteiger partial charge in [-0.15, -0.1) is 13.2 Å². The number of morpholine rings is 1. The highest BCUT2D eigenvalue weighted by Gasteiger charge is 2.46. The van der Waals surface area contributed by atoms with Crippen molar-refractivity contribution in [1.29, 1.82) is 0 Å². The van der Waals surface area contributed by atoms with Gasteiger partial charge in [0.05, 0.1) is 47.4 Å². The van der Waals surface area contributed by atoms with E-state index in [1.807, 2.05) is 0 Å². The van der Waals surface area contributed by atoms with Gasteiger partial charge in [-0.1, -0.05) is 6.07 Å². The lowest BCUT2D eigenvalue weighted by atomic mass is 10.0. The normalized spacial score (nSPS) is 21.4. The van der Waals surface area contributed by atoms with Gasteiger partial charge in [0.2, 0.25) is 0 Å². The third-order valence-electron chi connectivity index (χ3n) is 6.70. The first-order chi connectivity index (χ1) is 17.5. The lowest BCUT2D eigenvalue weighted by molar-refractivity contribution is -0.275. The Morgan fingerprint density at radius 2 is 2.00 bits per heavy atom. The zero-order valence-corrected chi connectivity index (χ0v) is 19.1. The second kappa shape index (κ2) is 8.00. The summed E-state index contributed by atoms with van der Waals surface area (Å²) in [5.41, 5.74) is 7.01. The average molecular weight is 519 g/mol. The van der Waals surface area contributed by atoms with Crippen LogP contribution in [0, 0.1) is 11.6 Å². The maximum absolute atomic E-state index is 15.2. The van der Waals surface area contributed by atoms with Crippen molar-refractivity contribution in [2.75, 3.05) is 12.3 Å². The van der Waals surface area contributed by atoms with E-state index in [0.29, 0.717) is 11.0 Å². The van der Waals surface area contributed by atoms with E-state index in [1.54, 1.807) is 11.3 Å². The van der Waals surface area contributed by atoms with Gasteiger partial charge < -0.3 is 20.1 Å². The second-order valence-corrected chi connectivity index (χ2v) is 9.05. The van der Waals surface area contributed by atoms with Crippen molar-refractivity contribution in [3.63, 3.8) is 0 Å². The van der Waals surface area contributed by atoms with Crippen molar-refractivity contribution in [1.82, 2.24) is 19.3 Å².